The third-order valence-corrected chi connectivity index (χ3v) is 3.66. The molecule has 24 heavy (non-hydrogen) atoms. The number of benzene rings is 2. The van der Waals surface area contributed by atoms with Crippen LogP contribution in [0.5, 0.6) is 0 Å². The number of hydrogen-bond acceptors (Lipinski definition) is 4. The summed E-state index contributed by atoms with van der Waals surface area (Å²) in [6.45, 7) is 0. The average molecular weight is 328 g/mol. The summed E-state index contributed by atoms with van der Waals surface area (Å²) in [5, 5.41) is 11.9. The highest BCUT2D eigenvalue weighted by atomic mass is 19.1. The molecule has 1 unspecified atom stereocenters. The highest BCUT2D eigenvalue weighted by Gasteiger charge is 2.39. The van der Waals surface area contributed by atoms with Crippen LogP contribution in [0.15, 0.2) is 48.5 Å². The first-order chi connectivity index (χ1) is 11.5. The number of amides is 2. The maximum absolute atomic E-state index is 13.2. The molecule has 1 fully saturated rings. The number of hydrogen-bond donors (Lipinski definition) is 2. The number of aromatic carboxylic acids is 1. The van der Waals surface area contributed by atoms with Crippen LogP contribution in [0, 0.1) is 5.82 Å². The smallest absolute Gasteiger partial charge is 0.335 e. The molecule has 1 aliphatic rings. The Labute approximate surface area is 136 Å². The van der Waals surface area contributed by atoms with Crippen molar-refractivity contribution in [3.8, 4) is 0 Å². The van der Waals surface area contributed by atoms with Crippen molar-refractivity contribution in [2.45, 2.75) is 12.5 Å². The molecule has 1 heterocycles. The molecule has 1 atom stereocenters. The molecule has 2 aromatic carbocycles. The highest BCUT2D eigenvalue weighted by Crippen LogP contribution is 2.26. The molecule has 1 saturated heterocycles. The zero-order chi connectivity index (χ0) is 17.3. The van der Waals surface area contributed by atoms with Crippen LogP contribution in [0.1, 0.15) is 16.8 Å². The van der Waals surface area contributed by atoms with Crippen molar-refractivity contribution >= 4 is 29.2 Å². The molecule has 7 heteroatoms. The number of halogens is 1. The number of carbonyl (C=O) groups is 3. The number of rotatable bonds is 4. The Balaban J connectivity index is 1.84. The zero-order valence-corrected chi connectivity index (χ0v) is 12.4. The van der Waals surface area contributed by atoms with Crippen LogP contribution in [-0.4, -0.2) is 28.9 Å². The lowest BCUT2D eigenvalue weighted by atomic mass is 10.2. The average Bonchev–Trinajstić information content (AvgIpc) is 2.81. The van der Waals surface area contributed by atoms with Gasteiger partial charge >= 0.3 is 5.97 Å². The second-order valence-electron chi connectivity index (χ2n) is 5.33. The summed E-state index contributed by atoms with van der Waals surface area (Å²) < 4.78 is 13.2. The van der Waals surface area contributed by atoms with Crippen molar-refractivity contribution in [3.63, 3.8) is 0 Å². The lowest BCUT2D eigenvalue weighted by Gasteiger charge is -2.16. The first-order valence-corrected chi connectivity index (χ1v) is 7.18. The fourth-order valence-electron chi connectivity index (χ4n) is 2.57. The maximum atomic E-state index is 13.2. The van der Waals surface area contributed by atoms with Crippen LogP contribution in [-0.2, 0) is 9.59 Å². The van der Waals surface area contributed by atoms with Crippen molar-refractivity contribution in [2.75, 3.05) is 10.2 Å². The van der Waals surface area contributed by atoms with E-state index in [1.807, 2.05) is 0 Å². The van der Waals surface area contributed by atoms with E-state index < -0.39 is 29.6 Å². The van der Waals surface area contributed by atoms with Crippen LogP contribution in [0.3, 0.4) is 0 Å². The predicted molar refractivity (Wildman–Crippen MR) is 84.3 cm³/mol. The molecular weight excluding hydrogens is 315 g/mol. The first-order valence-electron chi connectivity index (χ1n) is 7.18. The second-order valence-corrected chi connectivity index (χ2v) is 5.33. The molecule has 0 saturated carbocycles. The zero-order valence-electron chi connectivity index (χ0n) is 12.4. The summed E-state index contributed by atoms with van der Waals surface area (Å²) in [4.78, 5) is 36.6. The molecule has 0 spiro atoms. The largest absolute Gasteiger partial charge is 0.478 e. The van der Waals surface area contributed by atoms with Gasteiger partial charge in [0.2, 0.25) is 5.91 Å². The molecule has 2 N–H and O–H groups in total. The van der Waals surface area contributed by atoms with Crippen molar-refractivity contribution in [1.29, 1.82) is 0 Å². The van der Waals surface area contributed by atoms with Gasteiger partial charge < -0.3 is 10.4 Å². The van der Waals surface area contributed by atoms with E-state index in [0.29, 0.717) is 5.69 Å². The maximum Gasteiger partial charge on any atom is 0.335 e. The van der Waals surface area contributed by atoms with E-state index in [0.717, 1.165) is 4.90 Å². The first kappa shape index (κ1) is 15.7. The van der Waals surface area contributed by atoms with Crippen molar-refractivity contribution in [1.82, 2.24) is 0 Å². The molecule has 2 aromatic rings. The summed E-state index contributed by atoms with van der Waals surface area (Å²) in [5.74, 6) is -2.56. The fourth-order valence-corrected chi connectivity index (χ4v) is 2.57. The number of anilines is 2. The number of nitrogens with zero attached hydrogens (tertiary/aromatic N) is 1. The van der Waals surface area contributed by atoms with Gasteiger partial charge in [-0.2, -0.15) is 0 Å². The summed E-state index contributed by atoms with van der Waals surface area (Å²) in [6.07, 6.45) is -0.0906. The summed E-state index contributed by atoms with van der Waals surface area (Å²) in [5.41, 5.74) is 0.574. The molecular formula is C17H13FN2O4. The van der Waals surface area contributed by atoms with Gasteiger partial charge in [0.25, 0.3) is 5.91 Å². The van der Waals surface area contributed by atoms with Gasteiger partial charge in [-0.3, -0.25) is 9.59 Å². The van der Waals surface area contributed by atoms with Crippen molar-refractivity contribution in [2.24, 2.45) is 0 Å². The van der Waals surface area contributed by atoms with E-state index in [9.17, 15) is 18.8 Å². The van der Waals surface area contributed by atoms with Gasteiger partial charge in [-0.15, -0.1) is 0 Å². The Morgan fingerprint density at radius 1 is 1.17 bits per heavy atom. The van der Waals surface area contributed by atoms with Crippen LogP contribution in [0.4, 0.5) is 15.8 Å². The van der Waals surface area contributed by atoms with Gasteiger partial charge in [0.05, 0.1) is 17.7 Å². The van der Waals surface area contributed by atoms with Gasteiger partial charge in [0.15, 0.2) is 0 Å². The van der Waals surface area contributed by atoms with Crippen LogP contribution in [0.25, 0.3) is 0 Å². The quantitative estimate of drug-likeness (QED) is 0.841. The third-order valence-electron chi connectivity index (χ3n) is 3.66. The second kappa shape index (κ2) is 6.11. The van der Waals surface area contributed by atoms with Crippen molar-refractivity contribution in [3.05, 3.63) is 59.9 Å². The Bertz CT molecular complexity index is 837. The van der Waals surface area contributed by atoms with Gasteiger partial charge in [-0.05, 0) is 36.4 Å². The minimum atomic E-state index is -1.15. The SMILES string of the molecule is O=C(O)c1cccc(N2C(=O)CC(Nc3cccc(F)c3)C2=O)c1. The fraction of sp³-hybridized carbons (Fsp3) is 0.118. The van der Waals surface area contributed by atoms with E-state index in [2.05, 4.69) is 5.32 Å². The lowest BCUT2D eigenvalue weighted by molar-refractivity contribution is -0.121. The van der Waals surface area contributed by atoms with E-state index in [4.69, 9.17) is 5.11 Å². The molecule has 2 amide bonds. The minimum Gasteiger partial charge on any atom is -0.478 e. The van der Waals surface area contributed by atoms with Gasteiger partial charge in [0, 0.05) is 5.69 Å². The lowest BCUT2D eigenvalue weighted by Crippen LogP contribution is -2.34. The summed E-state index contributed by atoms with van der Waals surface area (Å²) in [7, 11) is 0. The summed E-state index contributed by atoms with van der Waals surface area (Å²) in [6, 6.07) is 10.4. The Morgan fingerprint density at radius 2 is 1.92 bits per heavy atom. The Hall–Kier alpha value is -3.22. The molecule has 1 aliphatic heterocycles. The number of carboxylic acids is 1. The molecule has 122 valence electrons. The Kier molecular flexibility index (Phi) is 3.99. The van der Waals surface area contributed by atoms with Crippen LogP contribution < -0.4 is 10.2 Å². The van der Waals surface area contributed by atoms with Gasteiger partial charge in [-0.1, -0.05) is 12.1 Å². The van der Waals surface area contributed by atoms with E-state index in [-0.39, 0.29) is 17.7 Å². The Morgan fingerprint density at radius 3 is 2.62 bits per heavy atom. The van der Waals surface area contributed by atoms with Crippen molar-refractivity contribution < 1.29 is 23.9 Å². The highest BCUT2D eigenvalue weighted by molar-refractivity contribution is 6.23. The van der Waals surface area contributed by atoms with Gasteiger partial charge in [-0.25, -0.2) is 14.1 Å². The number of nitrogens with one attached hydrogen (secondary N) is 1. The van der Waals surface area contributed by atoms with E-state index in [1.165, 1.54) is 42.5 Å². The topological polar surface area (TPSA) is 86.7 Å². The molecule has 6 nitrogen and oxygen atoms in total. The van der Waals surface area contributed by atoms with Crippen LogP contribution in [0.2, 0.25) is 0 Å². The minimum absolute atomic E-state index is 0.0189. The summed E-state index contributed by atoms with van der Waals surface area (Å²) >= 11 is 0. The number of carboxylic acid groups (broad SMARTS) is 1. The molecule has 0 aromatic heterocycles. The monoisotopic (exact) mass is 328 g/mol. The third kappa shape index (κ3) is 2.96. The standard InChI is InChI=1S/C17H13FN2O4/c18-11-4-2-5-12(8-11)19-14-9-15(21)20(16(14)22)13-6-1-3-10(7-13)17(23)24/h1-8,14,19H,9H2,(H,23,24). The van der Waals surface area contributed by atoms with E-state index >= 15 is 0 Å². The normalized spacial score (nSPS) is 17.2. The molecule has 0 bridgehead atoms. The molecule has 3 rings (SSSR count). The number of imide groups is 1. The molecule has 0 aliphatic carbocycles. The predicted octanol–water partition coefficient (Wildman–Crippen LogP) is 2.27. The number of carbonyl (C=O) groups excluding carboxylic acids is 2. The van der Waals surface area contributed by atoms with Crippen LogP contribution >= 0.6 is 0 Å². The van der Waals surface area contributed by atoms with E-state index in [1.54, 1.807) is 6.07 Å². The molecule has 0 radical (unpaired) electrons. The van der Waals surface area contributed by atoms with Gasteiger partial charge in [0.1, 0.15) is 11.9 Å².